The number of halogens is 2. The monoisotopic (exact) mass is 512 g/mol. The van der Waals surface area contributed by atoms with Crippen molar-refractivity contribution in [3.63, 3.8) is 0 Å². The summed E-state index contributed by atoms with van der Waals surface area (Å²) >= 11 is 5.97. The molecule has 180 valence electrons. The molecule has 1 saturated heterocycles. The molecule has 6 nitrogen and oxygen atoms in total. The van der Waals surface area contributed by atoms with Gasteiger partial charge in [0.15, 0.2) is 0 Å². The fraction of sp³-hybridized carbons (Fsp3) is 0.192. The summed E-state index contributed by atoms with van der Waals surface area (Å²) in [7, 11) is -4.06. The lowest BCUT2D eigenvalue weighted by Gasteiger charge is -2.22. The number of hydrogen-bond acceptors (Lipinski definition) is 4. The van der Waals surface area contributed by atoms with E-state index < -0.39 is 21.9 Å². The lowest BCUT2D eigenvalue weighted by molar-refractivity contribution is -0.124. The van der Waals surface area contributed by atoms with E-state index in [4.69, 9.17) is 16.0 Å². The van der Waals surface area contributed by atoms with Crippen molar-refractivity contribution < 1.29 is 22.0 Å². The van der Waals surface area contributed by atoms with Gasteiger partial charge in [-0.15, -0.1) is 0 Å². The Morgan fingerprint density at radius 1 is 1.06 bits per heavy atom. The largest absolute Gasteiger partial charge is 0.443 e. The molecule has 0 spiro atoms. The number of benzene rings is 3. The third-order valence-electron chi connectivity index (χ3n) is 6.10. The zero-order chi connectivity index (χ0) is 24.6. The van der Waals surface area contributed by atoms with Crippen molar-refractivity contribution in [1.82, 2.24) is 9.62 Å². The van der Waals surface area contributed by atoms with Gasteiger partial charge in [-0.1, -0.05) is 41.9 Å². The minimum absolute atomic E-state index is 0.206. The van der Waals surface area contributed by atoms with Gasteiger partial charge < -0.3 is 9.73 Å². The number of carbonyl (C=O) groups is 1. The second kappa shape index (κ2) is 9.45. The number of nitrogens with one attached hydrogen (secondary N) is 1. The number of hydrogen-bond donors (Lipinski definition) is 1. The van der Waals surface area contributed by atoms with Gasteiger partial charge in [0.25, 0.3) is 10.0 Å². The maximum absolute atomic E-state index is 13.5. The standard InChI is InChI=1S/C26H22ClFN2O4S/c27-21-8-6-18(7-9-21)19-4-1-3-17(13-19)16-29-26(31)23-5-2-12-30(23)35(32,33)25-15-20-14-22(28)10-11-24(20)34-25/h1,3-4,6-11,13-15,23H,2,5,12,16H2,(H,29,31)/t23-/m0/s1. The van der Waals surface area contributed by atoms with E-state index in [0.29, 0.717) is 23.3 Å². The maximum Gasteiger partial charge on any atom is 0.277 e. The van der Waals surface area contributed by atoms with E-state index in [2.05, 4.69) is 5.32 Å². The van der Waals surface area contributed by atoms with Crippen LogP contribution in [0.2, 0.25) is 5.02 Å². The number of fused-ring (bicyclic) bond motifs is 1. The van der Waals surface area contributed by atoms with Gasteiger partial charge in [0, 0.05) is 29.6 Å². The minimum atomic E-state index is -4.06. The van der Waals surface area contributed by atoms with Crippen molar-refractivity contribution in [2.75, 3.05) is 6.54 Å². The molecule has 3 aromatic carbocycles. The van der Waals surface area contributed by atoms with Gasteiger partial charge in [0.2, 0.25) is 11.0 Å². The number of carbonyl (C=O) groups excluding carboxylic acids is 1. The number of furan rings is 1. The molecule has 0 unspecified atom stereocenters. The van der Waals surface area contributed by atoms with E-state index in [0.717, 1.165) is 16.7 Å². The highest BCUT2D eigenvalue weighted by Crippen LogP contribution is 2.30. The molecule has 0 radical (unpaired) electrons. The minimum Gasteiger partial charge on any atom is -0.443 e. The van der Waals surface area contributed by atoms with Crippen molar-refractivity contribution in [3.8, 4) is 11.1 Å². The molecule has 9 heteroatoms. The summed E-state index contributed by atoms with van der Waals surface area (Å²) in [6.45, 7) is 0.465. The normalized spacial score (nSPS) is 16.6. The number of rotatable bonds is 6. The van der Waals surface area contributed by atoms with Crippen LogP contribution in [0.15, 0.2) is 82.3 Å². The van der Waals surface area contributed by atoms with E-state index in [1.807, 2.05) is 48.5 Å². The number of nitrogens with zero attached hydrogens (tertiary/aromatic N) is 1. The molecule has 0 aliphatic carbocycles. The van der Waals surface area contributed by atoms with Gasteiger partial charge in [-0.05, 0) is 65.9 Å². The first kappa shape index (κ1) is 23.5. The fourth-order valence-electron chi connectivity index (χ4n) is 4.33. The van der Waals surface area contributed by atoms with Crippen LogP contribution in [0.1, 0.15) is 18.4 Å². The van der Waals surface area contributed by atoms with Crippen molar-refractivity contribution in [2.45, 2.75) is 30.5 Å². The summed E-state index contributed by atoms with van der Waals surface area (Å²) in [6.07, 6.45) is 0.961. The van der Waals surface area contributed by atoms with Crippen LogP contribution < -0.4 is 5.32 Å². The lowest BCUT2D eigenvalue weighted by atomic mass is 10.0. The van der Waals surface area contributed by atoms with Crippen molar-refractivity contribution in [2.24, 2.45) is 0 Å². The van der Waals surface area contributed by atoms with Gasteiger partial charge in [-0.3, -0.25) is 4.79 Å². The number of sulfonamides is 1. The SMILES string of the molecule is O=C(NCc1cccc(-c2ccc(Cl)cc2)c1)[C@@H]1CCCN1S(=O)(=O)c1cc2cc(F)ccc2o1. The highest BCUT2D eigenvalue weighted by molar-refractivity contribution is 7.89. The molecule has 1 aliphatic rings. The average molecular weight is 513 g/mol. The Bertz CT molecular complexity index is 1500. The smallest absolute Gasteiger partial charge is 0.277 e. The van der Waals surface area contributed by atoms with Crippen LogP contribution in [0.4, 0.5) is 4.39 Å². The van der Waals surface area contributed by atoms with Crippen LogP contribution in [-0.4, -0.2) is 31.2 Å². The van der Waals surface area contributed by atoms with E-state index in [1.54, 1.807) is 0 Å². The fourth-order valence-corrected chi connectivity index (χ4v) is 6.07. The Hall–Kier alpha value is -3.20. The highest BCUT2D eigenvalue weighted by Gasteiger charge is 2.41. The van der Waals surface area contributed by atoms with Crippen LogP contribution in [0, 0.1) is 5.82 Å². The predicted molar refractivity (Wildman–Crippen MR) is 132 cm³/mol. The first-order valence-corrected chi connectivity index (χ1v) is 13.0. The van der Waals surface area contributed by atoms with Gasteiger partial charge >= 0.3 is 0 Å². The topological polar surface area (TPSA) is 79.6 Å². The third-order valence-corrected chi connectivity index (χ3v) is 8.11. The Kier molecular flexibility index (Phi) is 6.35. The van der Waals surface area contributed by atoms with Gasteiger partial charge in [0.1, 0.15) is 17.4 Å². The number of amides is 1. The first-order chi connectivity index (χ1) is 16.8. The molecule has 0 saturated carbocycles. The molecule has 1 fully saturated rings. The summed E-state index contributed by atoms with van der Waals surface area (Å²) in [6, 6.07) is 19.5. The second-order valence-corrected chi connectivity index (χ2v) is 10.7. The highest BCUT2D eigenvalue weighted by atomic mass is 35.5. The van der Waals surface area contributed by atoms with Crippen LogP contribution in [0.5, 0.6) is 0 Å². The van der Waals surface area contributed by atoms with Crippen molar-refractivity contribution >= 4 is 38.5 Å². The molecule has 1 N–H and O–H groups in total. The molecule has 4 aromatic rings. The van der Waals surface area contributed by atoms with E-state index in [1.165, 1.54) is 28.6 Å². The molecule has 1 atom stereocenters. The van der Waals surface area contributed by atoms with Crippen molar-refractivity contribution in [3.05, 3.63) is 89.2 Å². The van der Waals surface area contributed by atoms with E-state index in [-0.39, 0.29) is 29.7 Å². The summed E-state index contributed by atoms with van der Waals surface area (Å²) in [5.74, 6) is -0.856. The van der Waals surface area contributed by atoms with Gasteiger partial charge in [0.05, 0.1) is 0 Å². The van der Waals surface area contributed by atoms with Crippen LogP contribution in [0.3, 0.4) is 0 Å². The Labute approximate surface area is 207 Å². The molecule has 5 rings (SSSR count). The first-order valence-electron chi connectivity index (χ1n) is 11.1. The molecular weight excluding hydrogens is 491 g/mol. The molecule has 1 aliphatic heterocycles. The Morgan fingerprint density at radius 2 is 1.86 bits per heavy atom. The molecule has 35 heavy (non-hydrogen) atoms. The molecule has 0 bridgehead atoms. The maximum atomic E-state index is 13.5. The average Bonchev–Trinajstić information content (AvgIpc) is 3.51. The quantitative estimate of drug-likeness (QED) is 0.377. The molecule has 1 amide bonds. The van der Waals surface area contributed by atoms with E-state index in [9.17, 15) is 17.6 Å². The molecule has 2 heterocycles. The predicted octanol–water partition coefficient (Wildman–Crippen LogP) is 5.36. The molecule has 1 aromatic heterocycles. The second-order valence-electron chi connectivity index (χ2n) is 8.45. The summed E-state index contributed by atoms with van der Waals surface area (Å²) in [5, 5.41) is 3.58. The molecular formula is C26H22ClFN2O4S. The summed E-state index contributed by atoms with van der Waals surface area (Å²) < 4.78 is 46.7. The zero-order valence-corrected chi connectivity index (χ0v) is 20.2. The van der Waals surface area contributed by atoms with Crippen LogP contribution >= 0.6 is 11.6 Å². The summed E-state index contributed by atoms with van der Waals surface area (Å²) in [5.41, 5.74) is 3.14. The van der Waals surface area contributed by atoms with Gasteiger partial charge in [-0.25, -0.2) is 12.8 Å². The van der Waals surface area contributed by atoms with Crippen LogP contribution in [-0.2, 0) is 21.4 Å². The van der Waals surface area contributed by atoms with Crippen molar-refractivity contribution in [1.29, 1.82) is 0 Å². The summed E-state index contributed by atoms with van der Waals surface area (Å²) in [4.78, 5) is 13.0. The van der Waals surface area contributed by atoms with Gasteiger partial charge in [-0.2, -0.15) is 4.31 Å². The zero-order valence-electron chi connectivity index (χ0n) is 18.6. The Morgan fingerprint density at radius 3 is 2.66 bits per heavy atom. The van der Waals surface area contributed by atoms with Crippen LogP contribution in [0.25, 0.3) is 22.1 Å². The Balaban J connectivity index is 1.30. The lowest BCUT2D eigenvalue weighted by Crippen LogP contribution is -2.45. The third kappa shape index (κ3) is 4.82. The van der Waals surface area contributed by atoms with E-state index >= 15 is 0 Å².